The zero-order valence-electron chi connectivity index (χ0n) is 12.7. The summed E-state index contributed by atoms with van der Waals surface area (Å²) in [5, 5.41) is 14.1. The van der Waals surface area contributed by atoms with Gasteiger partial charge in [0.1, 0.15) is 17.4 Å². The van der Waals surface area contributed by atoms with E-state index in [1.807, 2.05) is 24.3 Å². The highest BCUT2D eigenvalue weighted by molar-refractivity contribution is 6.05. The Labute approximate surface area is 133 Å². The Morgan fingerprint density at radius 1 is 1.30 bits per heavy atom. The fourth-order valence-corrected chi connectivity index (χ4v) is 2.58. The van der Waals surface area contributed by atoms with Crippen LogP contribution in [0.2, 0.25) is 0 Å². The summed E-state index contributed by atoms with van der Waals surface area (Å²) >= 11 is 0. The average molecular weight is 313 g/mol. The minimum Gasteiger partial charge on any atom is -0.450 e. The number of hydrogen-bond acceptors (Lipinski definition) is 6. The van der Waals surface area contributed by atoms with E-state index in [2.05, 4.69) is 15.3 Å². The largest absolute Gasteiger partial charge is 0.450 e. The van der Waals surface area contributed by atoms with Crippen LogP contribution in [0.5, 0.6) is 0 Å². The van der Waals surface area contributed by atoms with Gasteiger partial charge in [0.05, 0.1) is 12.7 Å². The van der Waals surface area contributed by atoms with E-state index in [0.29, 0.717) is 30.5 Å². The second-order valence-electron chi connectivity index (χ2n) is 6.01. The fourth-order valence-electron chi connectivity index (χ4n) is 2.58. The molecule has 3 aromatic rings. The molecule has 0 spiro atoms. The van der Waals surface area contributed by atoms with Gasteiger partial charge < -0.3 is 19.6 Å². The number of anilines is 1. The van der Waals surface area contributed by atoms with Gasteiger partial charge in [0.15, 0.2) is 11.4 Å². The van der Waals surface area contributed by atoms with Crippen molar-refractivity contribution in [2.75, 3.05) is 25.1 Å². The van der Waals surface area contributed by atoms with Gasteiger partial charge in [-0.3, -0.25) is 0 Å². The Morgan fingerprint density at radius 2 is 2.17 bits per heavy atom. The number of hydrogen-bond donors (Lipinski definition) is 2. The quantitative estimate of drug-likeness (QED) is 0.698. The summed E-state index contributed by atoms with van der Waals surface area (Å²) < 4.78 is 11.3. The first-order chi connectivity index (χ1) is 11.3. The summed E-state index contributed by atoms with van der Waals surface area (Å²) in [4.78, 5) is 8.53. The first-order valence-electron chi connectivity index (χ1n) is 7.93. The summed E-state index contributed by atoms with van der Waals surface area (Å²) in [6.07, 6.45) is 3.42. The lowest BCUT2D eigenvalue weighted by Crippen LogP contribution is -2.25. The molecule has 1 aliphatic rings. The first-order valence-corrected chi connectivity index (χ1v) is 7.93. The number of nitrogens with one attached hydrogen (secondary N) is 1. The molecule has 1 fully saturated rings. The molecule has 0 bridgehead atoms. The maximum atomic E-state index is 9.99. The Hall–Kier alpha value is -2.18. The van der Waals surface area contributed by atoms with Crippen LogP contribution in [0.15, 0.2) is 35.0 Å². The van der Waals surface area contributed by atoms with Gasteiger partial charge in [0.25, 0.3) is 0 Å². The van der Waals surface area contributed by atoms with Crippen LogP contribution < -0.4 is 5.32 Å². The monoisotopic (exact) mass is 313 g/mol. The lowest BCUT2D eigenvalue weighted by atomic mass is 10.2. The van der Waals surface area contributed by atoms with Gasteiger partial charge in [-0.1, -0.05) is 12.1 Å². The summed E-state index contributed by atoms with van der Waals surface area (Å²) in [5.41, 5.74) is 2.16. The van der Waals surface area contributed by atoms with Crippen molar-refractivity contribution < 1.29 is 14.3 Å². The molecule has 0 saturated heterocycles. The Morgan fingerprint density at radius 3 is 3.04 bits per heavy atom. The van der Waals surface area contributed by atoms with Crippen molar-refractivity contribution in [3.63, 3.8) is 0 Å². The van der Waals surface area contributed by atoms with Gasteiger partial charge in [-0.25, -0.2) is 9.97 Å². The average Bonchev–Trinajstić information content (AvgIpc) is 3.31. The molecule has 2 heterocycles. The second kappa shape index (κ2) is 6.14. The van der Waals surface area contributed by atoms with E-state index in [0.717, 1.165) is 23.1 Å². The molecule has 0 aliphatic heterocycles. The van der Waals surface area contributed by atoms with Gasteiger partial charge >= 0.3 is 0 Å². The smallest absolute Gasteiger partial charge is 0.196 e. The maximum absolute atomic E-state index is 9.99. The molecule has 6 heteroatoms. The van der Waals surface area contributed by atoms with Crippen LogP contribution in [0.4, 0.5) is 5.82 Å². The van der Waals surface area contributed by atoms with Crippen molar-refractivity contribution in [1.82, 2.24) is 9.97 Å². The third-order valence-corrected chi connectivity index (χ3v) is 4.02. The molecular formula is C17H19N3O3. The molecule has 1 saturated carbocycles. The van der Waals surface area contributed by atoms with Crippen LogP contribution >= 0.6 is 0 Å². The lowest BCUT2D eigenvalue weighted by molar-refractivity contribution is 0.0386. The molecule has 1 aliphatic carbocycles. The van der Waals surface area contributed by atoms with Crippen molar-refractivity contribution in [2.24, 2.45) is 5.92 Å². The molecule has 0 radical (unpaired) electrons. The zero-order chi connectivity index (χ0) is 15.6. The number of nitrogens with zero attached hydrogens (tertiary/aromatic N) is 2. The van der Waals surface area contributed by atoms with E-state index >= 15 is 0 Å². The van der Waals surface area contributed by atoms with Crippen molar-refractivity contribution in [3.05, 3.63) is 30.6 Å². The molecule has 6 nitrogen and oxygen atoms in total. The highest BCUT2D eigenvalue weighted by atomic mass is 16.5. The second-order valence-corrected chi connectivity index (χ2v) is 6.01. The predicted octanol–water partition coefficient (Wildman–Crippen LogP) is 2.58. The lowest BCUT2D eigenvalue weighted by Gasteiger charge is -2.12. The number of para-hydroxylation sites is 1. The zero-order valence-corrected chi connectivity index (χ0v) is 12.7. The van der Waals surface area contributed by atoms with E-state index < -0.39 is 6.10 Å². The number of aliphatic hydroxyl groups excluding tert-OH is 1. The highest BCUT2D eigenvalue weighted by Gasteiger charge is 2.21. The van der Waals surface area contributed by atoms with Gasteiger partial charge in [0.2, 0.25) is 0 Å². The van der Waals surface area contributed by atoms with E-state index in [9.17, 15) is 5.11 Å². The standard InChI is InChI=1S/C17H19N3O3/c21-12(9-22-8-11-5-6-11)7-18-17-16-15(19-10-20-17)13-3-1-2-4-14(13)23-16/h1-4,10-12,21H,5-9H2,(H,18,19,20)/t12-/m1/s1. The minimum absolute atomic E-state index is 0.331. The van der Waals surface area contributed by atoms with E-state index in [-0.39, 0.29) is 0 Å². The maximum Gasteiger partial charge on any atom is 0.196 e. The summed E-state index contributed by atoms with van der Waals surface area (Å²) in [7, 11) is 0. The van der Waals surface area contributed by atoms with Crippen LogP contribution in [0.25, 0.3) is 22.1 Å². The van der Waals surface area contributed by atoms with E-state index in [1.54, 1.807) is 0 Å². The molecule has 1 aromatic carbocycles. The normalized spacial score (nSPS) is 16.0. The van der Waals surface area contributed by atoms with E-state index in [1.165, 1.54) is 19.2 Å². The molecule has 23 heavy (non-hydrogen) atoms. The third-order valence-electron chi connectivity index (χ3n) is 4.02. The molecule has 2 N–H and O–H groups in total. The predicted molar refractivity (Wildman–Crippen MR) is 87.3 cm³/mol. The third kappa shape index (κ3) is 3.13. The number of fused-ring (bicyclic) bond motifs is 3. The number of ether oxygens (including phenoxy) is 1. The van der Waals surface area contributed by atoms with Crippen LogP contribution in [-0.2, 0) is 4.74 Å². The topological polar surface area (TPSA) is 80.4 Å². The molecule has 0 unspecified atom stereocenters. The van der Waals surface area contributed by atoms with Crippen molar-refractivity contribution in [2.45, 2.75) is 18.9 Å². The van der Waals surface area contributed by atoms with Crippen LogP contribution in [-0.4, -0.2) is 40.9 Å². The highest BCUT2D eigenvalue weighted by Crippen LogP contribution is 2.30. The number of benzene rings is 1. The molecule has 1 atom stereocenters. The van der Waals surface area contributed by atoms with Crippen LogP contribution in [0, 0.1) is 5.92 Å². The summed E-state index contributed by atoms with van der Waals surface area (Å²) in [5.74, 6) is 1.29. The number of aromatic nitrogens is 2. The SMILES string of the molecule is O[C@H](CNc1ncnc2c1oc1ccccc12)COCC1CC1. The van der Waals surface area contributed by atoms with Crippen molar-refractivity contribution in [3.8, 4) is 0 Å². The molecule has 4 rings (SSSR count). The first kappa shape index (κ1) is 14.4. The number of rotatable bonds is 7. The molecule has 120 valence electrons. The van der Waals surface area contributed by atoms with Crippen molar-refractivity contribution in [1.29, 1.82) is 0 Å². The molecular weight excluding hydrogens is 294 g/mol. The number of furan rings is 1. The Bertz CT molecular complexity index is 813. The number of aliphatic hydroxyl groups is 1. The van der Waals surface area contributed by atoms with Gasteiger partial charge in [-0.2, -0.15) is 0 Å². The van der Waals surface area contributed by atoms with Crippen LogP contribution in [0.3, 0.4) is 0 Å². The van der Waals surface area contributed by atoms with Gasteiger partial charge in [0, 0.05) is 18.5 Å². The fraction of sp³-hybridized carbons (Fsp3) is 0.412. The van der Waals surface area contributed by atoms with E-state index in [4.69, 9.17) is 9.15 Å². The van der Waals surface area contributed by atoms with Crippen LogP contribution in [0.1, 0.15) is 12.8 Å². The molecule has 0 amide bonds. The molecule has 2 aromatic heterocycles. The Balaban J connectivity index is 1.45. The van der Waals surface area contributed by atoms with Gasteiger partial charge in [-0.15, -0.1) is 0 Å². The minimum atomic E-state index is -0.580. The summed E-state index contributed by atoms with van der Waals surface area (Å²) in [6.45, 7) is 1.43. The van der Waals surface area contributed by atoms with Gasteiger partial charge in [-0.05, 0) is 30.9 Å². The van der Waals surface area contributed by atoms with Crippen molar-refractivity contribution >= 4 is 27.9 Å². The Kier molecular flexibility index (Phi) is 3.85. The summed E-state index contributed by atoms with van der Waals surface area (Å²) in [6, 6.07) is 7.75.